The normalized spacial score (nSPS) is 17.4. The number of thiocarbonyl (C=S) groups is 1. The highest BCUT2D eigenvalue weighted by atomic mass is 32.2. The number of carboxylic acid groups (broad SMARTS) is 1. The molecule has 2 aliphatic rings. The molecule has 0 unspecified atom stereocenters. The van der Waals surface area contributed by atoms with E-state index >= 15 is 0 Å². The fourth-order valence-corrected chi connectivity index (χ4v) is 4.33. The topological polar surface area (TPSA) is 66.8 Å². The van der Waals surface area contributed by atoms with E-state index in [4.69, 9.17) is 22.1 Å². The quantitative estimate of drug-likeness (QED) is 0.607. The zero-order valence-corrected chi connectivity index (χ0v) is 16.3. The Bertz CT molecular complexity index is 1040. The minimum atomic E-state index is -0.897. The number of thioether (sulfide) groups is 1. The van der Waals surface area contributed by atoms with Crippen LogP contribution in [0.2, 0.25) is 0 Å². The molecule has 2 aromatic carbocycles. The Morgan fingerprint density at radius 2 is 1.96 bits per heavy atom. The number of para-hydroxylation sites is 1. The summed E-state index contributed by atoms with van der Waals surface area (Å²) in [6.07, 6.45) is 3.76. The van der Waals surface area contributed by atoms with Crippen molar-refractivity contribution in [3.8, 4) is 5.75 Å². The number of ether oxygens (including phenoxy) is 1. The number of anilines is 1. The van der Waals surface area contributed by atoms with Gasteiger partial charge < -0.3 is 9.84 Å². The van der Waals surface area contributed by atoms with Gasteiger partial charge in [-0.05, 0) is 41.5 Å². The maximum absolute atomic E-state index is 12.9. The number of nitrogens with zero attached hydrogens (tertiary/aromatic N) is 1. The van der Waals surface area contributed by atoms with Crippen LogP contribution in [0.4, 0.5) is 5.69 Å². The molecule has 1 N–H and O–H groups in total. The van der Waals surface area contributed by atoms with Gasteiger partial charge in [-0.1, -0.05) is 54.3 Å². The van der Waals surface area contributed by atoms with Crippen LogP contribution in [0.1, 0.15) is 11.1 Å². The molecule has 0 atom stereocenters. The van der Waals surface area contributed by atoms with Crippen molar-refractivity contribution < 1.29 is 19.4 Å². The predicted molar refractivity (Wildman–Crippen MR) is 113 cm³/mol. The molecule has 0 radical (unpaired) electrons. The molecule has 28 heavy (non-hydrogen) atoms. The lowest BCUT2D eigenvalue weighted by atomic mass is 10.1. The van der Waals surface area contributed by atoms with Crippen LogP contribution in [0.15, 0.2) is 65.1 Å². The molecule has 0 bridgehead atoms. The molecule has 2 aromatic rings. The summed E-state index contributed by atoms with van der Waals surface area (Å²) in [4.78, 5) is 25.7. The second kappa shape index (κ2) is 7.61. The predicted octanol–water partition coefficient (Wildman–Crippen LogP) is 4.04. The third kappa shape index (κ3) is 3.72. The van der Waals surface area contributed by atoms with Crippen molar-refractivity contribution in [2.45, 2.75) is 6.42 Å². The van der Waals surface area contributed by atoms with Crippen molar-refractivity contribution in [2.75, 3.05) is 11.5 Å². The fraction of sp³-hybridized carbons (Fsp3) is 0.0952. The van der Waals surface area contributed by atoms with E-state index in [0.717, 1.165) is 16.9 Å². The number of carbonyl (C=O) groups excluding carboxylic acids is 1. The number of fused-ring (bicyclic) bond motifs is 1. The van der Waals surface area contributed by atoms with Crippen molar-refractivity contribution in [3.63, 3.8) is 0 Å². The van der Waals surface area contributed by atoms with E-state index in [9.17, 15) is 9.59 Å². The van der Waals surface area contributed by atoms with Gasteiger partial charge in [-0.15, -0.1) is 0 Å². The van der Waals surface area contributed by atoms with Crippen molar-refractivity contribution in [3.05, 3.63) is 76.2 Å². The summed E-state index contributed by atoms with van der Waals surface area (Å²) in [5.41, 5.74) is 3.17. The van der Waals surface area contributed by atoms with Crippen LogP contribution in [0.25, 0.3) is 6.08 Å². The van der Waals surface area contributed by atoms with Gasteiger partial charge in [-0.25, -0.2) is 0 Å². The Labute approximate surface area is 171 Å². The molecule has 7 heteroatoms. The van der Waals surface area contributed by atoms with Crippen LogP contribution in [0.3, 0.4) is 0 Å². The molecule has 0 spiro atoms. The average Bonchev–Trinajstić information content (AvgIpc) is 2.95. The van der Waals surface area contributed by atoms with E-state index in [-0.39, 0.29) is 12.3 Å². The van der Waals surface area contributed by atoms with E-state index in [0.29, 0.717) is 27.1 Å². The van der Waals surface area contributed by atoms with E-state index < -0.39 is 5.97 Å². The molecule has 0 aromatic heterocycles. The summed E-state index contributed by atoms with van der Waals surface area (Å²) in [6.45, 7) is 0.394. The smallest absolute Gasteiger partial charge is 0.307 e. The van der Waals surface area contributed by atoms with Gasteiger partial charge >= 0.3 is 5.97 Å². The monoisotopic (exact) mass is 409 g/mol. The van der Waals surface area contributed by atoms with Crippen LogP contribution < -0.4 is 9.64 Å². The molecular weight excluding hydrogens is 394 g/mol. The van der Waals surface area contributed by atoms with Gasteiger partial charge in [0, 0.05) is 5.56 Å². The fourth-order valence-electron chi connectivity index (χ4n) is 3.01. The van der Waals surface area contributed by atoms with Crippen molar-refractivity contribution >= 4 is 51.9 Å². The Balaban J connectivity index is 1.57. The molecule has 1 saturated heterocycles. The van der Waals surface area contributed by atoms with Gasteiger partial charge in [0.15, 0.2) is 4.32 Å². The maximum atomic E-state index is 12.9. The number of hydrogen-bond acceptors (Lipinski definition) is 5. The van der Waals surface area contributed by atoms with E-state index in [1.54, 1.807) is 24.3 Å². The molecule has 2 heterocycles. The number of hydrogen-bond donors (Lipinski definition) is 1. The van der Waals surface area contributed by atoms with Gasteiger partial charge in [-0.3, -0.25) is 14.5 Å². The molecule has 2 aliphatic heterocycles. The second-order valence-electron chi connectivity index (χ2n) is 6.30. The van der Waals surface area contributed by atoms with Crippen molar-refractivity contribution in [1.82, 2.24) is 0 Å². The zero-order valence-electron chi connectivity index (χ0n) is 14.6. The molecule has 0 aliphatic carbocycles. The number of carboxylic acids is 1. The van der Waals surface area contributed by atoms with Crippen molar-refractivity contribution in [2.24, 2.45) is 0 Å². The Kier molecular flexibility index (Phi) is 5.02. The average molecular weight is 409 g/mol. The third-order valence-corrected chi connectivity index (χ3v) is 5.62. The number of aliphatic carboxylic acids is 1. The molecule has 1 fully saturated rings. The summed E-state index contributed by atoms with van der Waals surface area (Å²) in [7, 11) is 0. The molecule has 140 valence electrons. The molecule has 4 rings (SSSR count). The van der Waals surface area contributed by atoms with E-state index in [1.165, 1.54) is 16.7 Å². The van der Waals surface area contributed by atoms with Gasteiger partial charge in [0.2, 0.25) is 0 Å². The van der Waals surface area contributed by atoms with Crippen LogP contribution in [0.5, 0.6) is 5.75 Å². The number of carbonyl (C=O) groups is 2. The first-order valence-corrected chi connectivity index (χ1v) is 9.75. The van der Waals surface area contributed by atoms with Crippen LogP contribution in [-0.2, 0) is 16.0 Å². The Morgan fingerprint density at radius 1 is 1.21 bits per heavy atom. The highest BCUT2D eigenvalue weighted by molar-refractivity contribution is 8.27. The summed E-state index contributed by atoms with van der Waals surface area (Å²) >= 11 is 6.64. The van der Waals surface area contributed by atoms with E-state index in [2.05, 4.69) is 0 Å². The highest BCUT2D eigenvalue weighted by Gasteiger charge is 2.33. The largest absolute Gasteiger partial charge is 0.488 e. The first-order valence-electron chi connectivity index (χ1n) is 8.52. The van der Waals surface area contributed by atoms with Crippen molar-refractivity contribution in [1.29, 1.82) is 0 Å². The minimum Gasteiger partial charge on any atom is -0.488 e. The highest BCUT2D eigenvalue weighted by Crippen LogP contribution is 2.36. The second-order valence-corrected chi connectivity index (χ2v) is 7.98. The first kappa shape index (κ1) is 18.5. The third-order valence-electron chi connectivity index (χ3n) is 4.31. The number of rotatable bonds is 4. The lowest BCUT2D eigenvalue weighted by molar-refractivity contribution is -0.136. The van der Waals surface area contributed by atoms with E-state index in [1.807, 2.05) is 36.4 Å². The van der Waals surface area contributed by atoms with Crippen LogP contribution >= 0.6 is 24.0 Å². The molecule has 5 nitrogen and oxygen atoms in total. The first-order chi connectivity index (χ1) is 13.5. The summed E-state index contributed by atoms with van der Waals surface area (Å²) in [5.74, 6) is -0.264. The van der Waals surface area contributed by atoms with Gasteiger partial charge in [0.25, 0.3) is 5.91 Å². The Morgan fingerprint density at radius 3 is 2.71 bits per heavy atom. The van der Waals surface area contributed by atoms with Gasteiger partial charge in [0.1, 0.15) is 12.4 Å². The molecule has 1 amide bonds. The maximum Gasteiger partial charge on any atom is 0.307 e. The standard InChI is InChI=1S/C21H15NO4S2/c23-19(24)11-13-5-7-16(8-6-13)22-20(25)18(28-21(22)27)10-14-9-15-3-1-2-4-17(15)26-12-14/h1-10H,11-12H2,(H,23,24)/b18-10-. The van der Waals surface area contributed by atoms with Gasteiger partial charge in [-0.2, -0.15) is 0 Å². The Hall–Kier alpha value is -2.90. The van der Waals surface area contributed by atoms with Gasteiger partial charge in [0.05, 0.1) is 17.0 Å². The summed E-state index contributed by atoms with van der Waals surface area (Å²) in [6, 6.07) is 14.6. The zero-order chi connectivity index (χ0) is 19.7. The number of benzene rings is 2. The van der Waals surface area contributed by atoms with Crippen LogP contribution in [0, 0.1) is 0 Å². The summed E-state index contributed by atoms with van der Waals surface area (Å²) < 4.78 is 6.18. The molecular formula is C21H15NO4S2. The summed E-state index contributed by atoms with van der Waals surface area (Å²) in [5, 5.41) is 8.87. The number of amides is 1. The molecule has 0 saturated carbocycles. The lowest BCUT2D eigenvalue weighted by Crippen LogP contribution is -2.27. The SMILES string of the molecule is O=C(O)Cc1ccc(N2C(=O)/C(=C/C3=Cc4ccccc4OC3)SC2=S)cc1. The lowest BCUT2D eigenvalue weighted by Gasteiger charge is -2.16. The van der Waals surface area contributed by atoms with Crippen LogP contribution in [-0.4, -0.2) is 27.9 Å². The minimum absolute atomic E-state index is 0.0613.